The highest BCUT2D eigenvalue weighted by Crippen LogP contribution is 2.30. The van der Waals surface area contributed by atoms with Crippen LogP contribution in [-0.4, -0.2) is 56.9 Å². The highest BCUT2D eigenvalue weighted by Gasteiger charge is 2.32. The molecule has 9 heteroatoms. The van der Waals surface area contributed by atoms with E-state index in [1.54, 1.807) is 12.1 Å². The molecule has 1 aromatic heterocycles. The van der Waals surface area contributed by atoms with E-state index < -0.39 is 0 Å². The van der Waals surface area contributed by atoms with Crippen LogP contribution in [0, 0.1) is 0 Å². The van der Waals surface area contributed by atoms with Gasteiger partial charge in [0, 0.05) is 35.2 Å². The average molecular weight is 487 g/mol. The molecular weight excluding hydrogens is 464 g/mol. The Bertz CT molecular complexity index is 1380. The van der Waals surface area contributed by atoms with Crippen molar-refractivity contribution in [2.75, 3.05) is 19.4 Å². The summed E-state index contributed by atoms with van der Waals surface area (Å²) >= 11 is 1.24. The van der Waals surface area contributed by atoms with Gasteiger partial charge in [-0.25, -0.2) is 0 Å². The number of ether oxygens (including phenoxy) is 1. The first-order valence-electron chi connectivity index (χ1n) is 11.2. The quantitative estimate of drug-likeness (QED) is 0.212. The Hall–Kier alpha value is -3.98. The number of para-hydroxylation sites is 1. The number of amides is 2. The number of thioether (sulfide) groups is 1. The maximum Gasteiger partial charge on any atom is 0.316 e. The second kappa shape index (κ2) is 9.71. The third kappa shape index (κ3) is 4.30. The fraction of sp³-hybridized carbons (Fsp3) is 0.192. The molecule has 0 saturated heterocycles. The van der Waals surface area contributed by atoms with Gasteiger partial charge in [0.15, 0.2) is 5.16 Å². The number of hydrogen-bond acceptors (Lipinski definition) is 7. The molecule has 0 bridgehead atoms. The summed E-state index contributed by atoms with van der Waals surface area (Å²) in [6.45, 7) is 0.259. The van der Waals surface area contributed by atoms with E-state index in [0.717, 1.165) is 16.5 Å². The molecule has 1 aliphatic heterocycles. The zero-order valence-electron chi connectivity index (χ0n) is 19.0. The molecule has 35 heavy (non-hydrogen) atoms. The Morgan fingerprint density at radius 3 is 2.26 bits per heavy atom. The molecule has 4 aromatic rings. The van der Waals surface area contributed by atoms with Gasteiger partial charge in [-0.15, -0.1) is 10.2 Å². The van der Waals surface area contributed by atoms with Crippen molar-refractivity contribution in [3.05, 3.63) is 83.7 Å². The topological polar surface area (TPSA) is 94.4 Å². The minimum atomic E-state index is -0.350. The molecule has 176 valence electrons. The summed E-state index contributed by atoms with van der Waals surface area (Å²) in [5.41, 5.74) is 1.96. The fourth-order valence-corrected chi connectivity index (χ4v) is 5.06. The van der Waals surface area contributed by atoms with Gasteiger partial charge in [0.05, 0.1) is 12.9 Å². The Labute approximate surface area is 205 Å². The van der Waals surface area contributed by atoms with Crippen molar-refractivity contribution in [2.45, 2.75) is 18.0 Å². The number of nitrogens with zero attached hydrogens (tertiary/aromatic N) is 4. The Morgan fingerprint density at radius 1 is 0.914 bits per heavy atom. The van der Waals surface area contributed by atoms with Crippen molar-refractivity contribution in [1.29, 1.82) is 0 Å². The molecule has 0 fully saturated rings. The number of esters is 1. The number of aromatic nitrogens is 3. The summed E-state index contributed by atoms with van der Waals surface area (Å²) < 4.78 is 6.63. The van der Waals surface area contributed by atoms with Crippen LogP contribution in [-0.2, 0) is 16.0 Å². The number of hydrogen-bond donors (Lipinski definition) is 0. The molecule has 5 rings (SSSR count). The van der Waals surface area contributed by atoms with Crippen LogP contribution in [0.3, 0.4) is 0 Å². The van der Waals surface area contributed by atoms with E-state index >= 15 is 0 Å². The third-order valence-electron chi connectivity index (χ3n) is 5.90. The van der Waals surface area contributed by atoms with Crippen LogP contribution in [0.4, 0.5) is 0 Å². The molecular formula is C26H22N4O4S. The van der Waals surface area contributed by atoms with Gasteiger partial charge in [-0.05, 0) is 36.1 Å². The first kappa shape index (κ1) is 22.8. The highest BCUT2D eigenvalue weighted by molar-refractivity contribution is 7.99. The molecule has 1 aliphatic rings. The van der Waals surface area contributed by atoms with Gasteiger partial charge in [-0.3, -0.25) is 23.9 Å². The van der Waals surface area contributed by atoms with Gasteiger partial charge >= 0.3 is 5.97 Å². The van der Waals surface area contributed by atoms with Gasteiger partial charge in [0.25, 0.3) is 11.8 Å². The predicted octanol–water partition coefficient (Wildman–Crippen LogP) is 3.91. The lowest BCUT2D eigenvalue weighted by Gasteiger charge is -2.27. The van der Waals surface area contributed by atoms with E-state index in [1.807, 2.05) is 59.2 Å². The van der Waals surface area contributed by atoms with Gasteiger partial charge in [0.2, 0.25) is 0 Å². The molecule has 0 aliphatic carbocycles. The SMILES string of the molecule is COC(=O)CSc1nnc(CCCN2C(=O)c3cccc4cccc(c34)C2=O)n1-c1ccccc1. The summed E-state index contributed by atoms with van der Waals surface area (Å²) in [6.07, 6.45) is 1.01. The summed E-state index contributed by atoms with van der Waals surface area (Å²) in [7, 11) is 1.35. The largest absolute Gasteiger partial charge is 0.468 e. The van der Waals surface area contributed by atoms with E-state index in [9.17, 15) is 14.4 Å². The summed E-state index contributed by atoms with van der Waals surface area (Å²) in [6, 6.07) is 20.6. The lowest BCUT2D eigenvalue weighted by atomic mass is 9.94. The molecule has 3 aromatic carbocycles. The lowest BCUT2D eigenvalue weighted by Crippen LogP contribution is -2.41. The van der Waals surface area contributed by atoms with Gasteiger partial charge in [-0.2, -0.15) is 0 Å². The maximum absolute atomic E-state index is 13.2. The zero-order chi connectivity index (χ0) is 24.4. The first-order valence-corrected chi connectivity index (χ1v) is 12.1. The van der Waals surface area contributed by atoms with Crippen LogP contribution in [0.5, 0.6) is 0 Å². The Kier molecular flexibility index (Phi) is 6.33. The number of carbonyl (C=O) groups is 3. The van der Waals surface area contributed by atoms with Gasteiger partial charge in [-0.1, -0.05) is 54.2 Å². The van der Waals surface area contributed by atoms with Crippen molar-refractivity contribution in [3.63, 3.8) is 0 Å². The highest BCUT2D eigenvalue weighted by atomic mass is 32.2. The van der Waals surface area contributed by atoms with Crippen molar-refractivity contribution in [1.82, 2.24) is 19.7 Å². The van der Waals surface area contributed by atoms with Crippen LogP contribution in [0.15, 0.2) is 71.9 Å². The normalized spacial score (nSPS) is 12.9. The van der Waals surface area contributed by atoms with Crippen molar-refractivity contribution < 1.29 is 19.1 Å². The Balaban J connectivity index is 1.36. The predicted molar refractivity (Wildman–Crippen MR) is 132 cm³/mol. The number of benzene rings is 3. The van der Waals surface area contributed by atoms with Crippen LogP contribution in [0.1, 0.15) is 33.0 Å². The number of imide groups is 1. The van der Waals surface area contributed by atoms with E-state index in [1.165, 1.54) is 23.8 Å². The van der Waals surface area contributed by atoms with Crippen molar-refractivity contribution in [3.8, 4) is 5.69 Å². The van der Waals surface area contributed by atoms with E-state index in [2.05, 4.69) is 10.2 Å². The first-order chi connectivity index (χ1) is 17.1. The second-order valence-corrected chi connectivity index (χ2v) is 8.95. The monoisotopic (exact) mass is 486 g/mol. The smallest absolute Gasteiger partial charge is 0.316 e. The number of rotatable bonds is 8. The number of carbonyl (C=O) groups excluding carboxylic acids is 3. The minimum Gasteiger partial charge on any atom is -0.468 e. The van der Waals surface area contributed by atoms with E-state index in [4.69, 9.17) is 4.74 Å². The van der Waals surface area contributed by atoms with Crippen LogP contribution >= 0.6 is 11.8 Å². The molecule has 0 unspecified atom stereocenters. The van der Waals surface area contributed by atoms with E-state index in [-0.39, 0.29) is 30.1 Å². The van der Waals surface area contributed by atoms with Gasteiger partial charge in [0.1, 0.15) is 5.82 Å². The number of methoxy groups -OCH3 is 1. The molecule has 0 saturated carbocycles. The zero-order valence-corrected chi connectivity index (χ0v) is 19.8. The van der Waals surface area contributed by atoms with Gasteiger partial charge < -0.3 is 4.74 Å². The summed E-state index contributed by atoms with van der Waals surface area (Å²) in [5.74, 6) is -0.112. The molecule has 0 spiro atoms. The van der Waals surface area contributed by atoms with Crippen LogP contribution in [0.2, 0.25) is 0 Å². The van der Waals surface area contributed by atoms with Crippen LogP contribution in [0.25, 0.3) is 16.5 Å². The summed E-state index contributed by atoms with van der Waals surface area (Å²) in [5, 5.41) is 10.8. The third-order valence-corrected chi connectivity index (χ3v) is 6.80. The molecule has 0 N–H and O–H groups in total. The Morgan fingerprint density at radius 2 is 1.60 bits per heavy atom. The fourth-order valence-electron chi connectivity index (χ4n) is 4.25. The molecule has 2 heterocycles. The molecule has 8 nitrogen and oxygen atoms in total. The van der Waals surface area contributed by atoms with Crippen molar-refractivity contribution >= 4 is 40.3 Å². The standard InChI is InChI=1S/C26H22N4O4S/c1-34-22(31)16-35-26-28-27-21(30(26)18-10-3-2-4-11-18)14-7-15-29-24(32)19-12-5-8-17-9-6-13-20(23(17)19)25(29)33/h2-6,8-13H,7,14-16H2,1H3. The maximum atomic E-state index is 13.2. The van der Waals surface area contributed by atoms with E-state index in [0.29, 0.717) is 34.9 Å². The second-order valence-electron chi connectivity index (χ2n) is 8.01. The lowest BCUT2D eigenvalue weighted by molar-refractivity contribution is -0.137. The number of aryl methyl sites for hydroxylation is 1. The summed E-state index contributed by atoms with van der Waals surface area (Å²) in [4.78, 5) is 39.2. The minimum absolute atomic E-state index is 0.114. The molecule has 2 amide bonds. The average Bonchev–Trinajstić information content (AvgIpc) is 3.30. The molecule has 0 radical (unpaired) electrons. The molecule has 0 atom stereocenters. The van der Waals surface area contributed by atoms with Crippen molar-refractivity contribution in [2.24, 2.45) is 0 Å². The van der Waals surface area contributed by atoms with Crippen LogP contribution < -0.4 is 0 Å².